The summed E-state index contributed by atoms with van der Waals surface area (Å²) >= 11 is 0. The van der Waals surface area contributed by atoms with Crippen LogP contribution in [-0.4, -0.2) is 23.1 Å². The maximum Gasteiger partial charge on any atom is 0.134 e. The van der Waals surface area contributed by atoms with Crippen molar-refractivity contribution >= 4 is 5.82 Å². The number of hydrogen-bond donors (Lipinski definition) is 0. The number of aromatic nitrogens is 2. The third kappa shape index (κ3) is 1.83. The number of anilines is 1. The quantitative estimate of drug-likeness (QED) is 0.754. The summed E-state index contributed by atoms with van der Waals surface area (Å²) in [5, 5.41) is 0. The van der Waals surface area contributed by atoms with Gasteiger partial charge in [0.15, 0.2) is 0 Å². The van der Waals surface area contributed by atoms with E-state index in [-0.39, 0.29) is 0 Å². The van der Waals surface area contributed by atoms with Gasteiger partial charge in [0.1, 0.15) is 11.6 Å². The predicted molar refractivity (Wildman–Crippen MR) is 60.2 cm³/mol. The lowest BCUT2D eigenvalue weighted by molar-refractivity contribution is 0.841. The Balaban J connectivity index is 1.91. The van der Waals surface area contributed by atoms with Crippen LogP contribution in [0.1, 0.15) is 43.1 Å². The topological polar surface area (TPSA) is 29.0 Å². The van der Waals surface area contributed by atoms with Gasteiger partial charge in [-0.25, -0.2) is 9.97 Å². The molecule has 1 heterocycles. The molecule has 0 aromatic carbocycles. The van der Waals surface area contributed by atoms with Gasteiger partial charge in [0.25, 0.3) is 0 Å². The fourth-order valence-electron chi connectivity index (χ4n) is 1.93. The zero-order valence-corrected chi connectivity index (χ0v) is 9.40. The highest BCUT2D eigenvalue weighted by Gasteiger charge is 2.30. The van der Waals surface area contributed by atoms with Crippen LogP contribution in [-0.2, 0) is 0 Å². The fraction of sp³-hybridized carbons (Fsp3) is 0.667. The molecular weight excluding hydrogens is 186 g/mol. The molecule has 0 atom stereocenters. The van der Waals surface area contributed by atoms with Gasteiger partial charge in [0, 0.05) is 30.8 Å². The Labute approximate surface area is 90.5 Å². The lowest BCUT2D eigenvalue weighted by Gasteiger charge is -2.18. The van der Waals surface area contributed by atoms with E-state index in [0.717, 1.165) is 23.4 Å². The van der Waals surface area contributed by atoms with E-state index in [1.54, 1.807) is 0 Å². The zero-order chi connectivity index (χ0) is 10.4. The average molecular weight is 203 g/mol. The Morgan fingerprint density at radius 2 is 1.93 bits per heavy atom. The molecule has 0 N–H and O–H groups in total. The Hall–Kier alpha value is -1.12. The molecule has 1 aromatic rings. The van der Waals surface area contributed by atoms with Crippen LogP contribution in [0.2, 0.25) is 0 Å². The summed E-state index contributed by atoms with van der Waals surface area (Å²) in [6, 6.07) is 2.83. The highest BCUT2D eigenvalue weighted by Crippen LogP contribution is 2.39. The molecule has 2 fully saturated rings. The molecule has 0 bridgehead atoms. The van der Waals surface area contributed by atoms with Crippen molar-refractivity contribution in [2.75, 3.05) is 11.9 Å². The van der Waals surface area contributed by atoms with E-state index < -0.39 is 0 Å². The van der Waals surface area contributed by atoms with Crippen molar-refractivity contribution in [1.29, 1.82) is 0 Å². The first kappa shape index (κ1) is 9.13. The summed E-state index contributed by atoms with van der Waals surface area (Å²) < 4.78 is 0. The van der Waals surface area contributed by atoms with E-state index in [4.69, 9.17) is 0 Å². The maximum atomic E-state index is 4.67. The zero-order valence-electron chi connectivity index (χ0n) is 9.40. The normalized spacial score (nSPS) is 20.4. The van der Waals surface area contributed by atoms with Crippen molar-refractivity contribution in [2.24, 2.45) is 0 Å². The van der Waals surface area contributed by atoms with E-state index in [1.807, 2.05) is 0 Å². The van der Waals surface area contributed by atoms with Crippen LogP contribution in [0.15, 0.2) is 6.07 Å². The largest absolute Gasteiger partial charge is 0.357 e. The van der Waals surface area contributed by atoms with Gasteiger partial charge in [-0.2, -0.15) is 0 Å². The number of hydrogen-bond acceptors (Lipinski definition) is 3. The van der Waals surface area contributed by atoms with Crippen molar-refractivity contribution < 1.29 is 0 Å². The molecule has 0 amide bonds. The van der Waals surface area contributed by atoms with E-state index in [0.29, 0.717) is 5.92 Å². The summed E-state index contributed by atoms with van der Waals surface area (Å²) in [5.74, 6) is 2.83. The first-order valence-electron chi connectivity index (χ1n) is 5.82. The Kier molecular flexibility index (Phi) is 1.94. The third-order valence-electron chi connectivity index (χ3n) is 3.26. The molecule has 3 rings (SSSR count). The van der Waals surface area contributed by atoms with Crippen LogP contribution < -0.4 is 4.90 Å². The third-order valence-corrected chi connectivity index (χ3v) is 3.26. The van der Waals surface area contributed by atoms with Gasteiger partial charge in [-0.1, -0.05) is 0 Å². The summed E-state index contributed by atoms with van der Waals surface area (Å²) in [4.78, 5) is 11.5. The van der Waals surface area contributed by atoms with Crippen LogP contribution in [0.4, 0.5) is 5.82 Å². The first-order valence-corrected chi connectivity index (χ1v) is 5.82. The maximum absolute atomic E-state index is 4.67. The Bertz CT molecular complexity index is 380. The SMILES string of the molecule is Cc1cc(N(C)C2CC2)nc(C2CC2)n1. The molecule has 3 heteroatoms. The predicted octanol–water partition coefficient (Wildman–Crippen LogP) is 2.26. The molecule has 2 aliphatic carbocycles. The van der Waals surface area contributed by atoms with Crippen molar-refractivity contribution in [3.8, 4) is 0 Å². The molecule has 0 spiro atoms. The molecule has 0 saturated heterocycles. The number of aryl methyl sites for hydroxylation is 1. The second-order valence-electron chi connectivity index (χ2n) is 4.84. The molecule has 2 saturated carbocycles. The number of nitrogens with zero attached hydrogens (tertiary/aromatic N) is 3. The molecule has 0 radical (unpaired) electrons. The van der Waals surface area contributed by atoms with Crippen molar-refractivity contribution in [1.82, 2.24) is 9.97 Å². The van der Waals surface area contributed by atoms with Gasteiger partial charge >= 0.3 is 0 Å². The second-order valence-corrected chi connectivity index (χ2v) is 4.84. The summed E-state index contributed by atoms with van der Waals surface area (Å²) in [5.41, 5.74) is 1.11. The second kappa shape index (κ2) is 3.19. The van der Waals surface area contributed by atoms with Gasteiger partial charge < -0.3 is 4.90 Å². The molecule has 3 nitrogen and oxygen atoms in total. The molecular formula is C12H17N3. The lowest BCUT2D eigenvalue weighted by Crippen LogP contribution is -2.21. The van der Waals surface area contributed by atoms with Crippen LogP contribution in [0.3, 0.4) is 0 Å². The standard InChI is InChI=1S/C12H17N3/c1-8-7-11(15(2)10-5-6-10)14-12(13-8)9-3-4-9/h7,9-10H,3-6H2,1-2H3. The van der Waals surface area contributed by atoms with Crippen LogP contribution in [0.5, 0.6) is 0 Å². The molecule has 80 valence electrons. The summed E-state index contributed by atoms with van der Waals surface area (Å²) in [6.07, 6.45) is 5.18. The van der Waals surface area contributed by atoms with E-state index in [9.17, 15) is 0 Å². The van der Waals surface area contributed by atoms with E-state index in [2.05, 4.69) is 34.9 Å². The summed E-state index contributed by atoms with van der Waals surface area (Å²) in [6.45, 7) is 2.07. The highest BCUT2D eigenvalue weighted by atomic mass is 15.2. The molecule has 15 heavy (non-hydrogen) atoms. The lowest BCUT2D eigenvalue weighted by atomic mass is 10.3. The monoisotopic (exact) mass is 203 g/mol. The van der Waals surface area contributed by atoms with Crippen LogP contribution in [0, 0.1) is 6.92 Å². The molecule has 0 aliphatic heterocycles. The van der Waals surface area contributed by atoms with Crippen molar-refractivity contribution in [3.63, 3.8) is 0 Å². The minimum Gasteiger partial charge on any atom is -0.357 e. The minimum absolute atomic E-state index is 0.649. The molecule has 2 aliphatic rings. The van der Waals surface area contributed by atoms with Crippen molar-refractivity contribution in [3.05, 3.63) is 17.6 Å². The van der Waals surface area contributed by atoms with Gasteiger partial charge in [-0.3, -0.25) is 0 Å². The smallest absolute Gasteiger partial charge is 0.134 e. The van der Waals surface area contributed by atoms with E-state index >= 15 is 0 Å². The Morgan fingerprint density at radius 3 is 2.53 bits per heavy atom. The van der Waals surface area contributed by atoms with Gasteiger partial charge in [-0.05, 0) is 32.6 Å². The molecule has 0 unspecified atom stereocenters. The van der Waals surface area contributed by atoms with Gasteiger partial charge in [0.2, 0.25) is 0 Å². The number of rotatable bonds is 3. The fourth-order valence-corrected chi connectivity index (χ4v) is 1.93. The molecule has 1 aromatic heterocycles. The van der Waals surface area contributed by atoms with Gasteiger partial charge in [0.05, 0.1) is 0 Å². The minimum atomic E-state index is 0.649. The van der Waals surface area contributed by atoms with Crippen LogP contribution in [0.25, 0.3) is 0 Å². The highest BCUT2D eigenvalue weighted by molar-refractivity contribution is 5.42. The van der Waals surface area contributed by atoms with Crippen LogP contribution >= 0.6 is 0 Å². The van der Waals surface area contributed by atoms with Gasteiger partial charge in [-0.15, -0.1) is 0 Å². The Morgan fingerprint density at radius 1 is 1.20 bits per heavy atom. The van der Waals surface area contributed by atoms with Crippen molar-refractivity contribution in [2.45, 2.75) is 44.6 Å². The summed E-state index contributed by atoms with van der Waals surface area (Å²) in [7, 11) is 2.15. The van der Waals surface area contributed by atoms with E-state index in [1.165, 1.54) is 25.7 Å². The first-order chi connectivity index (χ1) is 7.24. The average Bonchev–Trinajstić information content (AvgIpc) is 3.04.